The number of piperazine rings is 1. The van der Waals surface area contributed by atoms with Crippen molar-refractivity contribution in [2.75, 3.05) is 51.2 Å². The first-order valence-electron chi connectivity index (χ1n) is 9.92. The van der Waals surface area contributed by atoms with Gasteiger partial charge in [-0.15, -0.1) is 0 Å². The maximum atomic E-state index is 12.5. The summed E-state index contributed by atoms with van der Waals surface area (Å²) in [5.41, 5.74) is 0.808. The Labute approximate surface area is 166 Å². The second kappa shape index (κ2) is 9.57. The number of nitrogens with one attached hydrogen (secondary N) is 1. The zero-order chi connectivity index (χ0) is 19.8. The molecule has 2 amide bonds. The Morgan fingerprint density at radius 3 is 2.32 bits per heavy atom. The second-order valence-electron chi connectivity index (χ2n) is 7.35. The first kappa shape index (κ1) is 20.2. The van der Waals surface area contributed by atoms with Crippen molar-refractivity contribution >= 4 is 11.7 Å². The first-order chi connectivity index (χ1) is 13.6. The average Bonchev–Trinajstić information content (AvgIpc) is 2.74. The number of rotatable bonds is 7. The van der Waals surface area contributed by atoms with Crippen LogP contribution in [0.1, 0.15) is 6.92 Å². The van der Waals surface area contributed by atoms with Gasteiger partial charge in [0.25, 0.3) is 0 Å². The Morgan fingerprint density at radius 2 is 1.71 bits per heavy atom. The molecule has 2 aromatic carbocycles. The molecule has 0 spiro atoms. The van der Waals surface area contributed by atoms with Gasteiger partial charge in [-0.25, -0.2) is 4.79 Å². The minimum atomic E-state index is -0.537. The van der Waals surface area contributed by atoms with E-state index in [1.807, 2.05) is 65.6 Å². The van der Waals surface area contributed by atoms with Gasteiger partial charge in [-0.05, 0) is 31.2 Å². The summed E-state index contributed by atoms with van der Waals surface area (Å²) in [5, 5.41) is 13.4. The number of aliphatic hydroxyl groups is 1. The molecule has 6 nitrogen and oxygen atoms in total. The summed E-state index contributed by atoms with van der Waals surface area (Å²) in [6, 6.07) is 19.0. The molecule has 1 saturated heterocycles. The molecular weight excluding hydrogens is 354 g/mol. The largest absolute Gasteiger partial charge is 0.491 e. The van der Waals surface area contributed by atoms with Gasteiger partial charge in [0.15, 0.2) is 0 Å². The number of quaternary nitrogens is 1. The number of hydrogen-bond donors (Lipinski definition) is 2. The predicted molar refractivity (Wildman–Crippen MR) is 110 cm³/mol. The Morgan fingerprint density at radius 1 is 1.11 bits per heavy atom. The van der Waals surface area contributed by atoms with Crippen molar-refractivity contribution < 1.29 is 19.1 Å². The summed E-state index contributed by atoms with van der Waals surface area (Å²) in [7, 11) is 0. The van der Waals surface area contributed by atoms with Crippen molar-refractivity contribution in [3.05, 3.63) is 60.7 Å². The number of nitrogens with zero attached hydrogens (tertiary/aromatic N) is 2. The van der Waals surface area contributed by atoms with Crippen LogP contribution in [-0.2, 0) is 0 Å². The lowest BCUT2D eigenvalue weighted by atomic mass is 10.2. The fourth-order valence-electron chi connectivity index (χ4n) is 3.65. The molecule has 1 unspecified atom stereocenters. The number of carbonyl (C=O) groups is 1. The quantitative estimate of drug-likeness (QED) is 0.722. The van der Waals surface area contributed by atoms with Gasteiger partial charge >= 0.3 is 6.03 Å². The van der Waals surface area contributed by atoms with E-state index in [-0.39, 0.29) is 12.6 Å². The maximum Gasteiger partial charge on any atom is 0.322 e. The number of benzene rings is 2. The van der Waals surface area contributed by atoms with Crippen LogP contribution in [0.4, 0.5) is 10.5 Å². The lowest BCUT2D eigenvalue weighted by Crippen LogP contribution is -2.63. The molecule has 0 radical (unpaired) electrons. The minimum absolute atomic E-state index is 0.0620. The molecule has 150 valence electrons. The van der Waals surface area contributed by atoms with Crippen LogP contribution in [-0.4, -0.2) is 72.5 Å². The third kappa shape index (κ3) is 5.47. The summed E-state index contributed by atoms with van der Waals surface area (Å²) < 4.78 is 6.49. The van der Waals surface area contributed by atoms with Gasteiger partial charge in [0.05, 0.1) is 32.7 Å². The predicted octanol–water partition coefficient (Wildman–Crippen LogP) is 2.81. The Bertz CT molecular complexity index is 731. The number of ether oxygens (including phenoxy) is 1. The Kier molecular flexibility index (Phi) is 6.90. The monoisotopic (exact) mass is 384 g/mol. The van der Waals surface area contributed by atoms with E-state index in [0.717, 1.165) is 35.6 Å². The molecule has 6 heteroatoms. The van der Waals surface area contributed by atoms with Crippen molar-refractivity contribution in [3.63, 3.8) is 0 Å². The third-order valence-corrected chi connectivity index (χ3v) is 5.46. The van der Waals surface area contributed by atoms with E-state index in [2.05, 4.69) is 12.2 Å². The van der Waals surface area contributed by atoms with Gasteiger partial charge in [0, 0.05) is 5.69 Å². The molecule has 0 bridgehead atoms. The van der Waals surface area contributed by atoms with Crippen LogP contribution in [0.25, 0.3) is 0 Å². The number of likely N-dealkylation sites (N-methyl/N-ethyl adjacent to an activating group) is 1. The molecule has 1 aliphatic rings. The molecule has 2 aromatic rings. The van der Waals surface area contributed by atoms with E-state index in [9.17, 15) is 9.90 Å². The molecule has 0 saturated carbocycles. The molecule has 1 heterocycles. The Hall–Kier alpha value is -2.57. The maximum absolute atomic E-state index is 12.5. The molecule has 2 N–H and O–H groups in total. The average molecular weight is 385 g/mol. The van der Waals surface area contributed by atoms with E-state index in [4.69, 9.17) is 4.74 Å². The highest BCUT2D eigenvalue weighted by atomic mass is 16.5. The summed E-state index contributed by atoms with van der Waals surface area (Å²) in [6.07, 6.45) is -0.537. The van der Waals surface area contributed by atoms with Gasteiger partial charge < -0.3 is 24.5 Å². The van der Waals surface area contributed by atoms with Crippen LogP contribution in [0.15, 0.2) is 60.7 Å². The highest BCUT2D eigenvalue weighted by molar-refractivity contribution is 5.89. The molecule has 1 atom stereocenters. The van der Waals surface area contributed by atoms with Crippen LogP contribution in [0.5, 0.6) is 5.75 Å². The van der Waals surface area contributed by atoms with Crippen LogP contribution in [0, 0.1) is 0 Å². The highest BCUT2D eigenvalue weighted by Crippen LogP contribution is 2.17. The van der Waals surface area contributed by atoms with Crippen LogP contribution >= 0.6 is 0 Å². The number of hydrogen-bond acceptors (Lipinski definition) is 3. The van der Waals surface area contributed by atoms with Crippen molar-refractivity contribution in [2.24, 2.45) is 0 Å². The molecule has 1 fully saturated rings. The standard InChI is InChI=1S/C22H29N3O3/c1-2-25(17-20(26)18-28-21-11-7-4-8-12-21)15-13-24(14-16-25)22(27)23-19-9-5-3-6-10-19/h3-12,20,26H,2,13-18H2,1H3/p+1. The number of carbonyl (C=O) groups excluding carboxylic acids is 1. The van der Waals surface area contributed by atoms with E-state index < -0.39 is 6.10 Å². The lowest BCUT2D eigenvalue weighted by Gasteiger charge is -2.45. The highest BCUT2D eigenvalue weighted by Gasteiger charge is 2.35. The summed E-state index contributed by atoms with van der Waals surface area (Å²) in [5.74, 6) is 0.770. The van der Waals surface area contributed by atoms with E-state index in [0.29, 0.717) is 19.6 Å². The van der Waals surface area contributed by atoms with Crippen molar-refractivity contribution in [3.8, 4) is 5.75 Å². The van der Waals surface area contributed by atoms with Gasteiger partial charge in [0.2, 0.25) is 0 Å². The Balaban J connectivity index is 1.48. The SMILES string of the molecule is CC[N+]1(CC(O)COc2ccccc2)CCN(C(=O)Nc2ccccc2)CC1. The fraction of sp³-hybridized carbons (Fsp3) is 0.409. The van der Waals surface area contributed by atoms with Crippen molar-refractivity contribution in [2.45, 2.75) is 13.0 Å². The van der Waals surface area contributed by atoms with Gasteiger partial charge in [-0.1, -0.05) is 36.4 Å². The zero-order valence-electron chi connectivity index (χ0n) is 16.5. The van der Waals surface area contributed by atoms with Crippen LogP contribution < -0.4 is 10.1 Å². The topological polar surface area (TPSA) is 61.8 Å². The number of para-hydroxylation sites is 2. The molecular formula is C22H30N3O3+. The van der Waals surface area contributed by atoms with Gasteiger partial charge in [-0.2, -0.15) is 0 Å². The van der Waals surface area contributed by atoms with Gasteiger partial charge in [0.1, 0.15) is 25.0 Å². The minimum Gasteiger partial charge on any atom is -0.491 e. The van der Waals surface area contributed by atoms with Crippen LogP contribution in [0.3, 0.4) is 0 Å². The summed E-state index contributed by atoms with van der Waals surface area (Å²) in [6.45, 7) is 7.01. The first-order valence-corrected chi connectivity index (χ1v) is 9.92. The molecule has 3 rings (SSSR count). The van der Waals surface area contributed by atoms with Gasteiger partial charge in [-0.3, -0.25) is 0 Å². The van der Waals surface area contributed by atoms with E-state index in [1.165, 1.54) is 0 Å². The van der Waals surface area contributed by atoms with E-state index in [1.54, 1.807) is 0 Å². The van der Waals surface area contributed by atoms with Crippen LogP contribution in [0.2, 0.25) is 0 Å². The third-order valence-electron chi connectivity index (χ3n) is 5.46. The molecule has 0 aromatic heterocycles. The number of amides is 2. The smallest absolute Gasteiger partial charge is 0.322 e. The van der Waals surface area contributed by atoms with Crippen molar-refractivity contribution in [1.82, 2.24) is 4.90 Å². The zero-order valence-corrected chi connectivity index (χ0v) is 16.5. The number of anilines is 1. The lowest BCUT2D eigenvalue weighted by molar-refractivity contribution is -0.932. The summed E-state index contributed by atoms with van der Waals surface area (Å²) >= 11 is 0. The number of urea groups is 1. The normalized spacial score (nSPS) is 17.0. The molecule has 0 aliphatic carbocycles. The molecule has 1 aliphatic heterocycles. The number of aliphatic hydroxyl groups excluding tert-OH is 1. The second-order valence-corrected chi connectivity index (χ2v) is 7.35. The van der Waals surface area contributed by atoms with Crippen molar-refractivity contribution in [1.29, 1.82) is 0 Å². The summed E-state index contributed by atoms with van der Waals surface area (Å²) in [4.78, 5) is 14.3. The van der Waals surface area contributed by atoms with E-state index >= 15 is 0 Å². The molecule has 28 heavy (non-hydrogen) atoms. The fourth-order valence-corrected chi connectivity index (χ4v) is 3.65.